The maximum absolute atomic E-state index is 13.2. The molecule has 3 aromatic rings. The third-order valence-corrected chi connectivity index (χ3v) is 7.20. The number of Topliss-reactive ketones (excluding diaryl/α,β-unsaturated/α-hetero) is 1. The van der Waals surface area contributed by atoms with E-state index in [9.17, 15) is 22.4 Å². The number of aromatic nitrogens is 3. The smallest absolute Gasteiger partial charge is 0.422 e. The van der Waals surface area contributed by atoms with Gasteiger partial charge in [0.25, 0.3) is 0 Å². The lowest BCUT2D eigenvalue weighted by molar-refractivity contribution is -0.154. The highest BCUT2D eigenvalue weighted by Gasteiger charge is 2.29. The summed E-state index contributed by atoms with van der Waals surface area (Å²) in [5.74, 6) is 0.399. The van der Waals surface area contributed by atoms with Crippen LogP contribution in [0.15, 0.2) is 48.5 Å². The Labute approximate surface area is 237 Å². The van der Waals surface area contributed by atoms with Crippen LogP contribution in [0.5, 0.6) is 6.01 Å². The fourth-order valence-corrected chi connectivity index (χ4v) is 4.82. The number of benzene rings is 2. The van der Waals surface area contributed by atoms with Gasteiger partial charge in [0.1, 0.15) is 5.82 Å². The molecule has 0 bridgehead atoms. The van der Waals surface area contributed by atoms with Crippen molar-refractivity contribution in [2.24, 2.45) is 5.92 Å². The van der Waals surface area contributed by atoms with Crippen LogP contribution in [0.3, 0.4) is 0 Å². The molecule has 7 nitrogen and oxygen atoms in total. The summed E-state index contributed by atoms with van der Waals surface area (Å²) in [6.07, 6.45) is 0.105. The number of nitrogens with zero attached hydrogens (tertiary/aromatic N) is 4. The SMILES string of the molecule is CC(C)N1CCC(CCCC(=O)c2ccc(-c3nc(NCc4ccc(F)cc4)nc(OCC(F)(F)F)n3)cc2)CC1. The zero-order valence-electron chi connectivity index (χ0n) is 23.3. The van der Waals surface area contributed by atoms with Crippen molar-refractivity contribution >= 4 is 11.7 Å². The van der Waals surface area contributed by atoms with Gasteiger partial charge in [-0.15, -0.1) is 0 Å². The number of piperidine rings is 1. The molecule has 0 amide bonds. The van der Waals surface area contributed by atoms with Crippen LogP contribution in [-0.4, -0.2) is 57.5 Å². The van der Waals surface area contributed by atoms with Crippen LogP contribution in [0, 0.1) is 11.7 Å². The first-order chi connectivity index (χ1) is 19.6. The van der Waals surface area contributed by atoms with Gasteiger partial charge in [-0.1, -0.05) is 36.4 Å². The van der Waals surface area contributed by atoms with Gasteiger partial charge in [0, 0.05) is 30.1 Å². The lowest BCUT2D eigenvalue weighted by Crippen LogP contribution is -2.38. The predicted molar refractivity (Wildman–Crippen MR) is 148 cm³/mol. The van der Waals surface area contributed by atoms with Crippen LogP contribution in [0.1, 0.15) is 61.9 Å². The highest BCUT2D eigenvalue weighted by atomic mass is 19.4. The molecule has 11 heteroatoms. The standard InChI is InChI=1S/C30H35F4N5O2/c1-20(2)39-16-14-21(15-17-39)4-3-5-26(40)23-8-10-24(11-9-23)27-36-28(35-18-22-6-12-25(31)13-7-22)38-29(37-27)41-19-30(32,33)34/h6-13,20-21H,3-5,14-19H2,1-2H3,(H,35,36,37,38). The molecule has 1 saturated heterocycles. The summed E-state index contributed by atoms with van der Waals surface area (Å²) in [5, 5.41) is 2.91. The topological polar surface area (TPSA) is 80.2 Å². The lowest BCUT2D eigenvalue weighted by atomic mass is 9.90. The molecule has 41 heavy (non-hydrogen) atoms. The Hall–Kier alpha value is -3.60. The highest BCUT2D eigenvalue weighted by Crippen LogP contribution is 2.25. The molecular weight excluding hydrogens is 538 g/mol. The van der Waals surface area contributed by atoms with Gasteiger partial charge in [0.05, 0.1) is 0 Å². The first-order valence-corrected chi connectivity index (χ1v) is 13.9. The summed E-state index contributed by atoms with van der Waals surface area (Å²) in [6, 6.07) is 12.5. The van der Waals surface area contributed by atoms with E-state index in [0.29, 0.717) is 29.5 Å². The van der Waals surface area contributed by atoms with E-state index in [0.717, 1.165) is 31.5 Å². The van der Waals surface area contributed by atoms with Crippen molar-refractivity contribution in [2.45, 2.75) is 64.7 Å². The number of hydrogen-bond donors (Lipinski definition) is 1. The molecule has 0 atom stereocenters. The normalized spacial score (nSPS) is 14.8. The molecule has 220 valence electrons. The molecule has 1 aliphatic heterocycles. The summed E-state index contributed by atoms with van der Waals surface area (Å²) >= 11 is 0. The number of rotatable bonds is 12. The lowest BCUT2D eigenvalue weighted by Gasteiger charge is -2.34. The zero-order chi connectivity index (χ0) is 29.4. The Kier molecular flexibility index (Phi) is 10.3. The first-order valence-electron chi connectivity index (χ1n) is 13.9. The fraction of sp³-hybridized carbons (Fsp3) is 0.467. The van der Waals surface area contributed by atoms with E-state index in [2.05, 4.69) is 39.0 Å². The van der Waals surface area contributed by atoms with Crippen LogP contribution in [0.2, 0.25) is 0 Å². The van der Waals surface area contributed by atoms with Gasteiger partial charge in [-0.3, -0.25) is 4.79 Å². The van der Waals surface area contributed by atoms with E-state index >= 15 is 0 Å². The molecule has 0 aliphatic carbocycles. The van der Waals surface area contributed by atoms with Crippen molar-refractivity contribution in [3.63, 3.8) is 0 Å². The van der Waals surface area contributed by atoms with Crippen LogP contribution in [0.25, 0.3) is 11.4 Å². The Morgan fingerprint density at radius 1 is 1.02 bits per heavy atom. The van der Waals surface area contributed by atoms with Crippen molar-refractivity contribution in [3.05, 3.63) is 65.5 Å². The number of carbonyl (C=O) groups excluding carboxylic acids is 1. The van der Waals surface area contributed by atoms with Crippen LogP contribution in [-0.2, 0) is 6.54 Å². The number of alkyl halides is 3. The monoisotopic (exact) mass is 573 g/mol. The van der Waals surface area contributed by atoms with Gasteiger partial charge < -0.3 is 15.0 Å². The van der Waals surface area contributed by atoms with Gasteiger partial charge >= 0.3 is 12.2 Å². The molecule has 0 radical (unpaired) electrons. The quantitative estimate of drug-likeness (QED) is 0.191. The van der Waals surface area contributed by atoms with Gasteiger partial charge in [0.2, 0.25) is 5.95 Å². The van der Waals surface area contributed by atoms with Gasteiger partial charge in [-0.25, -0.2) is 4.39 Å². The Bertz CT molecular complexity index is 1280. The molecule has 0 saturated carbocycles. The zero-order valence-corrected chi connectivity index (χ0v) is 23.3. The number of ether oxygens (including phenoxy) is 1. The fourth-order valence-electron chi connectivity index (χ4n) is 4.82. The Morgan fingerprint density at radius 3 is 2.34 bits per heavy atom. The molecule has 1 aliphatic rings. The van der Waals surface area contributed by atoms with Gasteiger partial charge in [-0.05, 0) is 76.2 Å². The molecular formula is C30H35F4N5O2. The summed E-state index contributed by atoms with van der Waals surface area (Å²) in [7, 11) is 0. The molecule has 2 heterocycles. The highest BCUT2D eigenvalue weighted by molar-refractivity contribution is 5.96. The average Bonchev–Trinajstić information content (AvgIpc) is 2.95. The number of hydrogen-bond acceptors (Lipinski definition) is 7. The minimum Gasteiger partial charge on any atom is -0.454 e. The van der Waals surface area contributed by atoms with Crippen LogP contribution in [0.4, 0.5) is 23.5 Å². The maximum Gasteiger partial charge on any atom is 0.422 e. The number of ketones is 1. The van der Waals surface area contributed by atoms with E-state index in [1.807, 2.05) is 0 Å². The summed E-state index contributed by atoms with van der Waals surface area (Å²) < 4.78 is 56.2. The molecule has 0 spiro atoms. The molecule has 0 unspecified atom stereocenters. The van der Waals surface area contributed by atoms with E-state index in [1.54, 1.807) is 36.4 Å². The van der Waals surface area contributed by atoms with Crippen molar-refractivity contribution in [3.8, 4) is 17.4 Å². The largest absolute Gasteiger partial charge is 0.454 e. The number of carbonyl (C=O) groups is 1. The van der Waals surface area contributed by atoms with Gasteiger partial charge in [-0.2, -0.15) is 28.1 Å². The second kappa shape index (κ2) is 13.8. The third kappa shape index (κ3) is 9.48. The molecule has 1 aromatic heterocycles. The number of nitrogens with one attached hydrogen (secondary N) is 1. The van der Waals surface area contributed by atoms with E-state index in [1.165, 1.54) is 25.0 Å². The van der Waals surface area contributed by atoms with Gasteiger partial charge in [0.15, 0.2) is 18.2 Å². The first kappa shape index (κ1) is 30.4. The van der Waals surface area contributed by atoms with E-state index in [4.69, 9.17) is 4.74 Å². The molecule has 1 fully saturated rings. The molecule has 4 rings (SSSR count). The van der Waals surface area contributed by atoms with E-state index < -0.39 is 18.8 Å². The minimum absolute atomic E-state index is 0.00381. The second-order valence-corrected chi connectivity index (χ2v) is 10.6. The molecule has 1 N–H and O–H groups in total. The summed E-state index contributed by atoms with van der Waals surface area (Å²) in [6.45, 7) is 5.31. The maximum atomic E-state index is 13.2. The Morgan fingerprint density at radius 2 is 1.71 bits per heavy atom. The number of halogens is 4. The number of likely N-dealkylation sites (tertiary alicyclic amines) is 1. The van der Waals surface area contributed by atoms with Crippen LogP contribution >= 0.6 is 0 Å². The van der Waals surface area contributed by atoms with E-state index in [-0.39, 0.29) is 29.9 Å². The second-order valence-electron chi connectivity index (χ2n) is 10.6. The summed E-state index contributed by atoms with van der Waals surface area (Å²) in [5.41, 5.74) is 1.76. The average molecular weight is 574 g/mol. The van der Waals surface area contributed by atoms with Crippen molar-refractivity contribution in [1.82, 2.24) is 19.9 Å². The number of anilines is 1. The third-order valence-electron chi connectivity index (χ3n) is 7.20. The van der Waals surface area contributed by atoms with Crippen molar-refractivity contribution < 1.29 is 27.1 Å². The van der Waals surface area contributed by atoms with Crippen LogP contribution < -0.4 is 10.1 Å². The predicted octanol–water partition coefficient (Wildman–Crippen LogP) is 6.70. The Balaban J connectivity index is 1.38. The minimum atomic E-state index is -4.57. The summed E-state index contributed by atoms with van der Waals surface area (Å²) in [4.78, 5) is 27.6. The van der Waals surface area contributed by atoms with Crippen molar-refractivity contribution in [2.75, 3.05) is 25.0 Å². The molecule has 2 aromatic carbocycles. The van der Waals surface area contributed by atoms with Crippen molar-refractivity contribution in [1.29, 1.82) is 0 Å².